The van der Waals surface area contributed by atoms with E-state index in [1.165, 1.54) is 10.5 Å². The zero-order chi connectivity index (χ0) is 21.3. The highest BCUT2D eigenvalue weighted by Crippen LogP contribution is 2.22. The van der Waals surface area contributed by atoms with Gasteiger partial charge in [-0.25, -0.2) is 0 Å². The third-order valence-electron chi connectivity index (χ3n) is 4.16. The molecule has 0 aliphatic heterocycles. The number of ether oxygens (including phenoxy) is 1. The van der Waals surface area contributed by atoms with Crippen molar-refractivity contribution >= 4 is 29.6 Å². The largest absolute Gasteiger partial charge is 0.385 e. The van der Waals surface area contributed by atoms with Crippen LogP contribution in [0.2, 0.25) is 0 Å². The fraction of sp³-hybridized carbons (Fsp3) is 0.333. The zero-order valence-corrected chi connectivity index (χ0v) is 19.5. The first-order chi connectivity index (χ1) is 14.8. The SMILES string of the molecule is CCSC(C#CCSc1ccccc1)/C(C#CCCCCOC)=C/c1ccccc1. The van der Waals surface area contributed by atoms with Gasteiger partial charge in [0.1, 0.15) is 0 Å². The summed E-state index contributed by atoms with van der Waals surface area (Å²) >= 11 is 3.62. The van der Waals surface area contributed by atoms with Gasteiger partial charge >= 0.3 is 0 Å². The summed E-state index contributed by atoms with van der Waals surface area (Å²) in [5, 5.41) is 0.0954. The molecule has 0 aromatic heterocycles. The lowest BCUT2D eigenvalue weighted by molar-refractivity contribution is 0.193. The Hall–Kier alpha value is -2.04. The zero-order valence-electron chi connectivity index (χ0n) is 17.9. The van der Waals surface area contributed by atoms with Gasteiger partial charge < -0.3 is 4.74 Å². The first kappa shape index (κ1) is 24.2. The maximum atomic E-state index is 5.12. The van der Waals surface area contributed by atoms with Gasteiger partial charge in [-0.1, -0.05) is 79.1 Å². The van der Waals surface area contributed by atoms with Gasteiger partial charge in [-0.3, -0.25) is 0 Å². The van der Waals surface area contributed by atoms with Crippen molar-refractivity contribution in [2.24, 2.45) is 0 Å². The van der Waals surface area contributed by atoms with Crippen molar-refractivity contribution in [3.8, 4) is 23.7 Å². The highest BCUT2D eigenvalue weighted by molar-refractivity contribution is 8.00. The van der Waals surface area contributed by atoms with Crippen molar-refractivity contribution in [3.05, 3.63) is 71.8 Å². The van der Waals surface area contributed by atoms with Gasteiger partial charge in [0.15, 0.2) is 0 Å². The number of unbranched alkanes of at least 4 members (excludes halogenated alkanes) is 2. The standard InChI is InChI=1S/C27H30OS2/c1-3-29-27(20-14-22-30-26-18-11-7-12-19-26)25(17-10-4-5-13-21-28-2)23-24-15-8-6-9-16-24/h6-9,11-12,15-16,18-19,23,27H,3-5,13,21-22H2,1-2H3/b25-23+. The smallest absolute Gasteiger partial charge is 0.0983 e. The van der Waals surface area contributed by atoms with Crippen LogP contribution in [0.4, 0.5) is 0 Å². The molecule has 2 aromatic rings. The van der Waals surface area contributed by atoms with E-state index in [0.717, 1.165) is 42.9 Å². The molecular weight excluding hydrogens is 404 g/mol. The Kier molecular flexibility index (Phi) is 12.7. The van der Waals surface area contributed by atoms with Crippen LogP contribution in [0.15, 0.2) is 71.1 Å². The van der Waals surface area contributed by atoms with Gasteiger partial charge in [0.2, 0.25) is 0 Å². The number of thioether (sulfide) groups is 2. The number of benzene rings is 2. The lowest BCUT2D eigenvalue weighted by Crippen LogP contribution is -2.03. The molecule has 0 spiro atoms. The Balaban J connectivity index is 2.12. The van der Waals surface area contributed by atoms with Crippen LogP contribution in [0.3, 0.4) is 0 Å². The Bertz CT molecular complexity index is 867. The quantitative estimate of drug-likeness (QED) is 0.231. The van der Waals surface area contributed by atoms with E-state index in [4.69, 9.17) is 4.74 Å². The molecule has 0 amide bonds. The molecule has 1 nitrogen and oxygen atoms in total. The van der Waals surface area contributed by atoms with Crippen LogP contribution in [-0.2, 0) is 4.74 Å². The second-order valence-corrected chi connectivity index (χ2v) is 8.95. The summed E-state index contributed by atoms with van der Waals surface area (Å²) in [6.07, 6.45) is 5.18. The Morgan fingerprint density at radius 3 is 2.43 bits per heavy atom. The van der Waals surface area contributed by atoms with Crippen LogP contribution >= 0.6 is 23.5 Å². The highest BCUT2D eigenvalue weighted by Gasteiger charge is 2.10. The first-order valence-electron chi connectivity index (χ1n) is 10.4. The van der Waals surface area contributed by atoms with E-state index in [1.807, 2.05) is 23.9 Å². The van der Waals surface area contributed by atoms with Crippen molar-refractivity contribution < 1.29 is 4.74 Å². The molecule has 1 unspecified atom stereocenters. The first-order valence-corrected chi connectivity index (χ1v) is 12.4. The van der Waals surface area contributed by atoms with Crippen molar-refractivity contribution in [1.29, 1.82) is 0 Å². The number of methoxy groups -OCH3 is 1. The maximum Gasteiger partial charge on any atom is 0.0983 e. The van der Waals surface area contributed by atoms with Crippen LogP contribution in [0, 0.1) is 23.7 Å². The molecule has 1 atom stereocenters. The van der Waals surface area contributed by atoms with Gasteiger partial charge in [-0.15, -0.1) is 23.5 Å². The van der Waals surface area contributed by atoms with E-state index >= 15 is 0 Å². The van der Waals surface area contributed by atoms with Crippen LogP contribution in [-0.4, -0.2) is 30.5 Å². The molecule has 0 aliphatic rings. The Labute approximate surface area is 191 Å². The molecule has 0 N–H and O–H groups in total. The molecule has 30 heavy (non-hydrogen) atoms. The summed E-state index contributed by atoms with van der Waals surface area (Å²) in [7, 11) is 1.74. The fourth-order valence-electron chi connectivity index (χ4n) is 2.68. The third-order valence-corrected chi connectivity index (χ3v) is 6.09. The van der Waals surface area contributed by atoms with E-state index in [2.05, 4.69) is 85.2 Å². The molecule has 0 saturated carbocycles. The summed E-state index contributed by atoms with van der Waals surface area (Å²) in [4.78, 5) is 1.25. The van der Waals surface area contributed by atoms with Gasteiger partial charge in [-0.2, -0.15) is 0 Å². The molecule has 3 heteroatoms. The molecule has 0 bridgehead atoms. The normalized spacial score (nSPS) is 11.7. The molecular formula is C27H30OS2. The topological polar surface area (TPSA) is 9.23 Å². The summed E-state index contributed by atoms with van der Waals surface area (Å²) in [6.45, 7) is 2.98. The van der Waals surface area contributed by atoms with Crippen LogP contribution in [0.5, 0.6) is 0 Å². The van der Waals surface area contributed by atoms with Crippen molar-refractivity contribution in [3.63, 3.8) is 0 Å². The van der Waals surface area contributed by atoms with E-state index in [9.17, 15) is 0 Å². The van der Waals surface area contributed by atoms with Crippen molar-refractivity contribution in [2.75, 3.05) is 25.2 Å². The van der Waals surface area contributed by atoms with Crippen molar-refractivity contribution in [2.45, 2.75) is 36.3 Å². The van der Waals surface area contributed by atoms with E-state index in [0.29, 0.717) is 0 Å². The predicted molar refractivity (Wildman–Crippen MR) is 135 cm³/mol. The number of hydrogen-bond donors (Lipinski definition) is 0. The van der Waals surface area contributed by atoms with Crippen LogP contribution < -0.4 is 0 Å². The maximum absolute atomic E-state index is 5.12. The summed E-state index contributed by atoms with van der Waals surface area (Å²) in [5.74, 6) is 15.4. The minimum Gasteiger partial charge on any atom is -0.385 e. The van der Waals surface area contributed by atoms with Gasteiger partial charge in [0, 0.05) is 30.6 Å². The lowest BCUT2D eigenvalue weighted by Gasteiger charge is -2.09. The van der Waals surface area contributed by atoms with Crippen LogP contribution in [0.1, 0.15) is 31.7 Å². The van der Waals surface area contributed by atoms with E-state index in [-0.39, 0.29) is 5.25 Å². The van der Waals surface area contributed by atoms with E-state index in [1.54, 1.807) is 18.9 Å². The molecule has 156 valence electrons. The average Bonchev–Trinajstić information content (AvgIpc) is 2.79. The molecule has 0 fully saturated rings. The van der Waals surface area contributed by atoms with Crippen molar-refractivity contribution in [1.82, 2.24) is 0 Å². The molecule has 0 saturated heterocycles. The Morgan fingerprint density at radius 1 is 1.00 bits per heavy atom. The summed E-state index contributed by atoms with van der Waals surface area (Å²) in [6, 6.07) is 20.8. The lowest BCUT2D eigenvalue weighted by atomic mass is 10.1. The number of hydrogen-bond acceptors (Lipinski definition) is 3. The highest BCUT2D eigenvalue weighted by atomic mass is 32.2. The molecule has 0 radical (unpaired) electrons. The average molecular weight is 435 g/mol. The van der Waals surface area contributed by atoms with Gasteiger partial charge in [-0.05, 0) is 42.4 Å². The van der Waals surface area contributed by atoms with E-state index < -0.39 is 0 Å². The van der Waals surface area contributed by atoms with Gasteiger partial charge in [0.05, 0.1) is 11.0 Å². The second kappa shape index (κ2) is 15.8. The summed E-state index contributed by atoms with van der Waals surface area (Å²) in [5.41, 5.74) is 2.26. The van der Waals surface area contributed by atoms with Gasteiger partial charge in [0.25, 0.3) is 0 Å². The Morgan fingerprint density at radius 2 is 1.73 bits per heavy atom. The monoisotopic (exact) mass is 434 g/mol. The second-order valence-electron chi connectivity index (χ2n) is 6.52. The minimum atomic E-state index is 0.0954. The third kappa shape index (κ3) is 10.1. The molecule has 0 aliphatic carbocycles. The number of rotatable bonds is 10. The minimum absolute atomic E-state index is 0.0954. The molecule has 2 aromatic carbocycles. The molecule has 0 heterocycles. The molecule has 2 rings (SSSR count). The fourth-order valence-corrected chi connectivity index (χ4v) is 4.16. The van der Waals surface area contributed by atoms with Crippen LogP contribution in [0.25, 0.3) is 6.08 Å². The predicted octanol–water partition coefficient (Wildman–Crippen LogP) is 6.81. The summed E-state index contributed by atoms with van der Waals surface area (Å²) < 4.78 is 5.12.